The van der Waals surface area contributed by atoms with Crippen LogP contribution in [0.1, 0.15) is 24.1 Å². The Morgan fingerprint density at radius 1 is 1.44 bits per heavy atom. The Morgan fingerprint density at radius 2 is 2.33 bits per heavy atom. The summed E-state index contributed by atoms with van der Waals surface area (Å²) in [5, 5.41) is 7.22. The second-order valence-corrected chi connectivity index (χ2v) is 4.04. The fourth-order valence-corrected chi connectivity index (χ4v) is 1.66. The first-order valence-corrected chi connectivity index (χ1v) is 5.96. The van der Waals surface area contributed by atoms with Crippen molar-refractivity contribution in [2.24, 2.45) is 0 Å². The third-order valence-corrected chi connectivity index (χ3v) is 2.48. The van der Waals surface area contributed by atoms with Gasteiger partial charge in [0.1, 0.15) is 12.3 Å². The lowest BCUT2D eigenvalue weighted by molar-refractivity contribution is 0.155. The van der Waals surface area contributed by atoms with E-state index in [1.54, 1.807) is 13.4 Å². The zero-order valence-corrected chi connectivity index (χ0v) is 10.7. The molecule has 2 aromatic rings. The molecular formula is C12H18N4O2. The van der Waals surface area contributed by atoms with E-state index in [9.17, 15) is 0 Å². The molecule has 2 aromatic heterocycles. The standard InChI is InChI=1S/C12H18N4O2/c1-3-13-5-11-7-16(9-14-11)6-10-4-12(8-17-2)18-15-10/h4,7,9,13H,3,5-6,8H2,1-2H3. The monoisotopic (exact) mass is 250 g/mol. The molecule has 0 fully saturated rings. The maximum absolute atomic E-state index is 5.13. The van der Waals surface area contributed by atoms with Gasteiger partial charge < -0.3 is 19.1 Å². The molecule has 0 bridgehead atoms. The smallest absolute Gasteiger partial charge is 0.162 e. The maximum Gasteiger partial charge on any atom is 0.162 e. The molecule has 0 aliphatic carbocycles. The minimum Gasteiger partial charge on any atom is -0.377 e. The number of hydrogen-bond donors (Lipinski definition) is 1. The van der Waals surface area contributed by atoms with Crippen LogP contribution in [0.3, 0.4) is 0 Å². The molecule has 0 aromatic carbocycles. The summed E-state index contributed by atoms with van der Waals surface area (Å²) in [6, 6.07) is 1.90. The molecule has 6 heteroatoms. The Bertz CT molecular complexity index is 478. The minimum atomic E-state index is 0.447. The van der Waals surface area contributed by atoms with Crippen LogP contribution in [0.25, 0.3) is 0 Å². The van der Waals surface area contributed by atoms with Crippen LogP contribution in [0.15, 0.2) is 23.1 Å². The Labute approximate surface area is 106 Å². The Hall–Kier alpha value is -1.66. The molecule has 2 rings (SSSR count). The summed E-state index contributed by atoms with van der Waals surface area (Å²) >= 11 is 0. The molecule has 6 nitrogen and oxygen atoms in total. The average molecular weight is 250 g/mol. The topological polar surface area (TPSA) is 65.1 Å². The predicted octanol–water partition coefficient (Wildman–Crippen LogP) is 1.18. The van der Waals surface area contributed by atoms with Crippen molar-refractivity contribution in [1.29, 1.82) is 0 Å². The number of rotatable bonds is 7. The summed E-state index contributed by atoms with van der Waals surface area (Å²) in [5.41, 5.74) is 1.90. The van der Waals surface area contributed by atoms with Gasteiger partial charge in [0.15, 0.2) is 5.76 Å². The molecule has 0 saturated heterocycles. The molecule has 0 atom stereocenters. The zero-order chi connectivity index (χ0) is 12.8. The van der Waals surface area contributed by atoms with Crippen molar-refractivity contribution in [1.82, 2.24) is 20.0 Å². The van der Waals surface area contributed by atoms with Gasteiger partial charge in [-0.25, -0.2) is 4.98 Å². The van der Waals surface area contributed by atoms with Gasteiger partial charge in [-0.15, -0.1) is 0 Å². The lowest BCUT2D eigenvalue weighted by Crippen LogP contribution is -2.11. The second-order valence-electron chi connectivity index (χ2n) is 4.04. The van der Waals surface area contributed by atoms with E-state index < -0.39 is 0 Å². The average Bonchev–Trinajstić information content (AvgIpc) is 2.98. The molecule has 0 saturated carbocycles. The fourth-order valence-electron chi connectivity index (χ4n) is 1.66. The molecule has 18 heavy (non-hydrogen) atoms. The molecule has 0 spiro atoms. The van der Waals surface area contributed by atoms with Gasteiger partial charge in [0.2, 0.25) is 0 Å². The summed E-state index contributed by atoms with van der Waals surface area (Å²) in [7, 11) is 1.63. The van der Waals surface area contributed by atoms with Crippen LogP contribution in [-0.2, 0) is 24.4 Å². The van der Waals surface area contributed by atoms with Gasteiger partial charge in [-0.3, -0.25) is 0 Å². The van der Waals surface area contributed by atoms with Gasteiger partial charge >= 0.3 is 0 Å². The van der Waals surface area contributed by atoms with E-state index in [1.165, 1.54) is 0 Å². The Morgan fingerprint density at radius 3 is 3.11 bits per heavy atom. The highest BCUT2D eigenvalue weighted by Gasteiger charge is 2.05. The predicted molar refractivity (Wildman–Crippen MR) is 65.9 cm³/mol. The van der Waals surface area contributed by atoms with Crippen LogP contribution in [0.5, 0.6) is 0 Å². The zero-order valence-electron chi connectivity index (χ0n) is 10.7. The molecule has 98 valence electrons. The van der Waals surface area contributed by atoms with Crippen LogP contribution < -0.4 is 5.32 Å². The second kappa shape index (κ2) is 6.32. The third kappa shape index (κ3) is 3.41. The largest absolute Gasteiger partial charge is 0.377 e. The first-order valence-electron chi connectivity index (χ1n) is 5.96. The quantitative estimate of drug-likeness (QED) is 0.799. The summed E-state index contributed by atoms with van der Waals surface area (Å²) < 4.78 is 12.1. The van der Waals surface area contributed by atoms with Crippen molar-refractivity contribution < 1.29 is 9.26 Å². The summed E-state index contributed by atoms with van der Waals surface area (Å²) in [6.07, 6.45) is 3.81. The van der Waals surface area contributed by atoms with E-state index in [4.69, 9.17) is 9.26 Å². The van der Waals surface area contributed by atoms with E-state index in [2.05, 4.69) is 22.4 Å². The Balaban J connectivity index is 1.93. The van der Waals surface area contributed by atoms with Crippen molar-refractivity contribution >= 4 is 0 Å². The van der Waals surface area contributed by atoms with Crippen molar-refractivity contribution in [2.45, 2.75) is 26.6 Å². The molecular weight excluding hydrogens is 232 g/mol. The normalized spacial score (nSPS) is 11.0. The van der Waals surface area contributed by atoms with Crippen LogP contribution in [0.2, 0.25) is 0 Å². The number of hydrogen-bond acceptors (Lipinski definition) is 5. The van der Waals surface area contributed by atoms with Crippen LogP contribution >= 0.6 is 0 Å². The lowest BCUT2D eigenvalue weighted by Gasteiger charge is -1.97. The van der Waals surface area contributed by atoms with Gasteiger partial charge in [-0.05, 0) is 6.54 Å². The van der Waals surface area contributed by atoms with Crippen molar-refractivity contribution in [3.05, 3.63) is 35.7 Å². The first kappa shape index (κ1) is 12.8. The SMILES string of the molecule is CCNCc1cn(Cc2cc(COC)on2)cn1. The highest BCUT2D eigenvalue weighted by Crippen LogP contribution is 2.07. The molecule has 0 aliphatic heterocycles. The van der Waals surface area contributed by atoms with E-state index in [0.29, 0.717) is 13.2 Å². The number of nitrogens with zero attached hydrogens (tertiary/aromatic N) is 3. The summed E-state index contributed by atoms with van der Waals surface area (Å²) in [6.45, 7) is 4.91. The molecule has 0 radical (unpaired) electrons. The molecule has 0 unspecified atom stereocenters. The summed E-state index contributed by atoms with van der Waals surface area (Å²) in [5.74, 6) is 0.737. The van der Waals surface area contributed by atoms with E-state index >= 15 is 0 Å². The van der Waals surface area contributed by atoms with Crippen molar-refractivity contribution in [3.8, 4) is 0 Å². The fraction of sp³-hybridized carbons (Fsp3) is 0.500. The van der Waals surface area contributed by atoms with Crippen LogP contribution in [-0.4, -0.2) is 28.4 Å². The van der Waals surface area contributed by atoms with Crippen LogP contribution in [0, 0.1) is 0 Å². The minimum absolute atomic E-state index is 0.447. The number of imidazole rings is 1. The Kier molecular flexibility index (Phi) is 4.49. The van der Waals surface area contributed by atoms with Gasteiger partial charge in [-0.2, -0.15) is 0 Å². The van der Waals surface area contributed by atoms with E-state index in [1.807, 2.05) is 16.8 Å². The first-order chi connectivity index (χ1) is 8.81. The van der Waals surface area contributed by atoms with Crippen LogP contribution in [0.4, 0.5) is 0 Å². The van der Waals surface area contributed by atoms with Crippen molar-refractivity contribution in [2.75, 3.05) is 13.7 Å². The van der Waals surface area contributed by atoms with Gasteiger partial charge in [-0.1, -0.05) is 12.1 Å². The number of methoxy groups -OCH3 is 1. The maximum atomic E-state index is 5.13. The van der Waals surface area contributed by atoms with Gasteiger partial charge in [0.05, 0.1) is 18.6 Å². The van der Waals surface area contributed by atoms with Gasteiger partial charge in [0, 0.05) is 25.9 Å². The van der Waals surface area contributed by atoms with E-state index in [-0.39, 0.29) is 0 Å². The van der Waals surface area contributed by atoms with E-state index in [0.717, 1.165) is 30.2 Å². The molecule has 0 amide bonds. The summed E-state index contributed by atoms with van der Waals surface area (Å²) in [4.78, 5) is 4.31. The van der Waals surface area contributed by atoms with Crippen molar-refractivity contribution in [3.63, 3.8) is 0 Å². The number of aromatic nitrogens is 3. The molecule has 2 heterocycles. The number of ether oxygens (including phenoxy) is 1. The third-order valence-electron chi connectivity index (χ3n) is 2.48. The number of nitrogens with one attached hydrogen (secondary N) is 1. The lowest BCUT2D eigenvalue weighted by atomic mass is 10.3. The highest BCUT2D eigenvalue weighted by molar-refractivity contribution is 5.06. The highest BCUT2D eigenvalue weighted by atomic mass is 16.5. The van der Waals surface area contributed by atoms with Gasteiger partial charge in [0.25, 0.3) is 0 Å². The molecule has 0 aliphatic rings. The molecule has 1 N–H and O–H groups in total.